The van der Waals surface area contributed by atoms with Crippen LogP contribution in [-0.2, 0) is 0 Å². The maximum atomic E-state index is 11.7. The molecule has 0 atom stereocenters. The maximum Gasteiger partial charge on any atom is 0.259 e. The van der Waals surface area contributed by atoms with Gasteiger partial charge in [-0.1, -0.05) is 11.6 Å². The molecule has 0 fully saturated rings. The summed E-state index contributed by atoms with van der Waals surface area (Å²) in [6.07, 6.45) is 5.72. The van der Waals surface area contributed by atoms with Crippen molar-refractivity contribution >= 4 is 23.3 Å². The Kier molecular flexibility index (Phi) is 3.07. The summed E-state index contributed by atoms with van der Waals surface area (Å²) in [6.45, 7) is 0. The largest absolute Gasteiger partial charge is 0.306 e. The van der Waals surface area contributed by atoms with Crippen LogP contribution < -0.4 is 5.32 Å². The van der Waals surface area contributed by atoms with E-state index in [1.807, 2.05) is 0 Å². The van der Waals surface area contributed by atoms with Gasteiger partial charge in [0, 0.05) is 23.6 Å². The molecule has 1 amide bonds. The highest BCUT2D eigenvalue weighted by Crippen LogP contribution is 2.12. The van der Waals surface area contributed by atoms with E-state index in [1.54, 1.807) is 12.1 Å². The number of carbonyl (C=O) groups is 1. The van der Waals surface area contributed by atoms with Gasteiger partial charge in [0.2, 0.25) is 0 Å². The Morgan fingerprint density at radius 3 is 2.75 bits per heavy atom. The van der Waals surface area contributed by atoms with Gasteiger partial charge in [0.05, 0.1) is 5.56 Å². The summed E-state index contributed by atoms with van der Waals surface area (Å²) in [5.41, 5.74) is 0.365. The van der Waals surface area contributed by atoms with E-state index < -0.39 is 0 Å². The normalized spacial score (nSPS) is 9.81. The van der Waals surface area contributed by atoms with Crippen LogP contribution in [0.4, 0.5) is 5.82 Å². The molecule has 0 bridgehead atoms. The standard InChI is InChI=1S/C10H7ClN4O/c11-8-1-2-14-9(3-8)15-10(16)7-4-12-6-13-5-7/h1-6H,(H,14,15,16). The number of anilines is 1. The lowest BCUT2D eigenvalue weighted by atomic mass is 10.3. The van der Waals surface area contributed by atoms with Crippen molar-refractivity contribution in [1.82, 2.24) is 15.0 Å². The second-order valence-electron chi connectivity index (χ2n) is 2.94. The van der Waals surface area contributed by atoms with Gasteiger partial charge in [0.1, 0.15) is 12.1 Å². The number of halogens is 1. The Labute approximate surface area is 96.5 Å². The third-order valence-corrected chi connectivity index (χ3v) is 2.02. The monoisotopic (exact) mass is 234 g/mol. The number of nitrogens with zero attached hydrogens (tertiary/aromatic N) is 3. The SMILES string of the molecule is O=C(Nc1cc(Cl)ccn1)c1cncnc1. The molecule has 5 nitrogen and oxygen atoms in total. The number of amides is 1. The zero-order chi connectivity index (χ0) is 11.4. The molecule has 0 saturated heterocycles. The number of aromatic nitrogens is 3. The Bertz CT molecular complexity index is 503. The van der Waals surface area contributed by atoms with E-state index in [0.717, 1.165) is 0 Å². The summed E-state index contributed by atoms with van der Waals surface area (Å²) < 4.78 is 0. The van der Waals surface area contributed by atoms with Gasteiger partial charge in [0.25, 0.3) is 5.91 Å². The predicted octanol–water partition coefficient (Wildman–Crippen LogP) is 1.78. The first-order valence-electron chi connectivity index (χ1n) is 4.43. The first-order chi connectivity index (χ1) is 7.75. The molecule has 0 aliphatic heterocycles. The van der Waals surface area contributed by atoms with Crippen molar-refractivity contribution in [3.63, 3.8) is 0 Å². The lowest BCUT2D eigenvalue weighted by molar-refractivity contribution is 0.102. The Balaban J connectivity index is 2.14. The summed E-state index contributed by atoms with van der Waals surface area (Å²) in [5.74, 6) is 0.0664. The smallest absolute Gasteiger partial charge is 0.259 e. The van der Waals surface area contributed by atoms with Gasteiger partial charge in [-0.3, -0.25) is 4.79 Å². The second kappa shape index (κ2) is 4.67. The number of hydrogen-bond donors (Lipinski definition) is 1. The van der Waals surface area contributed by atoms with Crippen molar-refractivity contribution in [2.45, 2.75) is 0 Å². The summed E-state index contributed by atoms with van der Waals surface area (Å²) in [7, 11) is 0. The summed E-state index contributed by atoms with van der Waals surface area (Å²) in [4.78, 5) is 23.1. The van der Waals surface area contributed by atoms with Gasteiger partial charge in [-0.25, -0.2) is 15.0 Å². The van der Waals surface area contributed by atoms with Crippen LogP contribution in [0.5, 0.6) is 0 Å². The highest BCUT2D eigenvalue weighted by atomic mass is 35.5. The summed E-state index contributed by atoms with van der Waals surface area (Å²) >= 11 is 5.76. The van der Waals surface area contributed by atoms with Gasteiger partial charge in [-0.15, -0.1) is 0 Å². The molecule has 2 aromatic rings. The highest BCUT2D eigenvalue weighted by molar-refractivity contribution is 6.30. The molecule has 0 saturated carbocycles. The fraction of sp³-hybridized carbons (Fsp3) is 0. The Hall–Kier alpha value is -2.01. The lowest BCUT2D eigenvalue weighted by Crippen LogP contribution is -2.13. The zero-order valence-corrected chi connectivity index (χ0v) is 8.85. The summed E-state index contributed by atoms with van der Waals surface area (Å²) in [6, 6.07) is 3.19. The van der Waals surface area contributed by atoms with Crippen molar-refractivity contribution in [3.05, 3.63) is 47.6 Å². The quantitative estimate of drug-likeness (QED) is 0.860. The number of carbonyl (C=O) groups excluding carboxylic acids is 1. The van der Waals surface area contributed by atoms with E-state index in [0.29, 0.717) is 16.4 Å². The molecule has 2 aromatic heterocycles. The van der Waals surface area contributed by atoms with Crippen LogP contribution in [-0.4, -0.2) is 20.9 Å². The number of hydrogen-bond acceptors (Lipinski definition) is 4. The average molecular weight is 235 g/mol. The van der Waals surface area contributed by atoms with E-state index in [-0.39, 0.29) is 5.91 Å². The molecule has 80 valence electrons. The molecule has 6 heteroatoms. The lowest BCUT2D eigenvalue weighted by Gasteiger charge is -2.03. The molecule has 0 aliphatic carbocycles. The Morgan fingerprint density at radius 2 is 2.06 bits per heavy atom. The molecule has 0 radical (unpaired) electrons. The third-order valence-electron chi connectivity index (χ3n) is 1.79. The molecule has 0 aliphatic rings. The fourth-order valence-corrected chi connectivity index (χ4v) is 1.24. The molecule has 0 unspecified atom stereocenters. The molecule has 2 rings (SSSR count). The minimum atomic E-state index is -0.324. The van der Waals surface area contributed by atoms with Crippen molar-refractivity contribution < 1.29 is 4.79 Å². The molecular formula is C10H7ClN4O. The van der Waals surface area contributed by atoms with Gasteiger partial charge >= 0.3 is 0 Å². The maximum absolute atomic E-state index is 11.7. The first kappa shape index (κ1) is 10.5. The molecule has 2 heterocycles. The minimum Gasteiger partial charge on any atom is -0.306 e. The van der Waals surface area contributed by atoms with E-state index >= 15 is 0 Å². The van der Waals surface area contributed by atoms with E-state index in [1.165, 1.54) is 24.9 Å². The number of pyridine rings is 1. The van der Waals surface area contributed by atoms with Crippen LogP contribution in [0.2, 0.25) is 5.02 Å². The van der Waals surface area contributed by atoms with Crippen LogP contribution in [0.3, 0.4) is 0 Å². The van der Waals surface area contributed by atoms with Gasteiger partial charge in [0.15, 0.2) is 0 Å². The van der Waals surface area contributed by atoms with Crippen LogP contribution in [0, 0.1) is 0 Å². The van der Waals surface area contributed by atoms with Crippen molar-refractivity contribution in [2.75, 3.05) is 5.32 Å². The number of nitrogens with one attached hydrogen (secondary N) is 1. The van der Waals surface area contributed by atoms with Crippen LogP contribution in [0.15, 0.2) is 37.1 Å². The number of rotatable bonds is 2. The van der Waals surface area contributed by atoms with Crippen molar-refractivity contribution in [1.29, 1.82) is 0 Å². The van der Waals surface area contributed by atoms with E-state index in [4.69, 9.17) is 11.6 Å². The van der Waals surface area contributed by atoms with E-state index in [9.17, 15) is 4.79 Å². The molecule has 1 N–H and O–H groups in total. The molecule has 16 heavy (non-hydrogen) atoms. The first-order valence-corrected chi connectivity index (χ1v) is 4.81. The molecular weight excluding hydrogens is 228 g/mol. The van der Waals surface area contributed by atoms with Crippen LogP contribution in [0.1, 0.15) is 10.4 Å². The van der Waals surface area contributed by atoms with Gasteiger partial charge in [-0.05, 0) is 12.1 Å². The molecule has 0 aromatic carbocycles. The third kappa shape index (κ3) is 2.52. The Morgan fingerprint density at radius 1 is 1.31 bits per heavy atom. The van der Waals surface area contributed by atoms with Crippen molar-refractivity contribution in [2.24, 2.45) is 0 Å². The van der Waals surface area contributed by atoms with Gasteiger partial charge < -0.3 is 5.32 Å². The van der Waals surface area contributed by atoms with Crippen LogP contribution >= 0.6 is 11.6 Å². The topological polar surface area (TPSA) is 67.8 Å². The van der Waals surface area contributed by atoms with Crippen LogP contribution in [0.25, 0.3) is 0 Å². The fourth-order valence-electron chi connectivity index (χ4n) is 1.08. The zero-order valence-electron chi connectivity index (χ0n) is 8.09. The summed E-state index contributed by atoms with van der Waals surface area (Å²) in [5, 5.41) is 3.09. The highest BCUT2D eigenvalue weighted by Gasteiger charge is 2.06. The van der Waals surface area contributed by atoms with Crippen molar-refractivity contribution in [3.8, 4) is 0 Å². The minimum absolute atomic E-state index is 0.324. The molecule has 0 spiro atoms. The predicted molar refractivity (Wildman–Crippen MR) is 59.2 cm³/mol. The average Bonchev–Trinajstić information content (AvgIpc) is 2.30. The van der Waals surface area contributed by atoms with E-state index in [2.05, 4.69) is 20.3 Å². The second-order valence-corrected chi connectivity index (χ2v) is 3.38. The van der Waals surface area contributed by atoms with Gasteiger partial charge in [-0.2, -0.15) is 0 Å².